The Bertz CT molecular complexity index is 663. The fourth-order valence-electron chi connectivity index (χ4n) is 1.44. The first kappa shape index (κ1) is 7.76. The molecule has 3 heteroatoms. The second kappa shape index (κ2) is 2.69. The smallest absolute Gasteiger partial charge is 0.190 e. The van der Waals surface area contributed by atoms with Gasteiger partial charge in [0.1, 0.15) is 11.2 Å². The molecular weight excluding hydrogens is 196 g/mol. The minimum atomic E-state index is 0.469. The Kier molecular flexibility index (Phi) is 1.49. The molecule has 0 fully saturated rings. The van der Waals surface area contributed by atoms with Gasteiger partial charge in [-0.15, -0.1) is 0 Å². The summed E-state index contributed by atoms with van der Waals surface area (Å²) in [5.41, 5.74) is 1.47. The van der Waals surface area contributed by atoms with Crippen molar-refractivity contribution >= 4 is 34.2 Å². The highest BCUT2D eigenvalue weighted by atomic mass is 32.1. The second-order valence-corrected chi connectivity index (χ2v) is 3.40. The number of hydrogen-bond acceptors (Lipinski definition) is 3. The summed E-state index contributed by atoms with van der Waals surface area (Å²) in [6.07, 6.45) is 1.63. The van der Waals surface area contributed by atoms with Gasteiger partial charge < -0.3 is 8.83 Å². The summed E-state index contributed by atoms with van der Waals surface area (Å²) >= 11 is 4.93. The van der Waals surface area contributed by atoms with Crippen molar-refractivity contribution in [3.05, 3.63) is 41.3 Å². The normalized spacial score (nSPS) is 11.1. The van der Waals surface area contributed by atoms with E-state index in [-0.39, 0.29) is 0 Å². The van der Waals surface area contributed by atoms with Crippen molar-refractivity contribution in [2.24, 2.45) is 0 Å². The van der Waals surface area contributed by atoms with Crippen LogP contribution in [0.1, 0.15) is 0 Å². The van der Waals surface area contributed by atoms with Gasteiger partial charge in [0.15, 0.2) is 4.71 Å². The molecule has 1 aromatic carbocycles. The van der Waals surface area contributed by atoms with E-state index in [9.17, 15) is 0 Å². The molecule has 0 atom stereocenters. The Morgan fingerprint density at radius 1 is 1.07 bits per heavy atom. The lowest BCUT2D eigenvalue weighted by molar-refractivity contribution is 0.582. The van der Waals surface area contributed by atoms with Crippen LogP contribution in [0.4, 0.5) is 0 Å². The van der Waals surface area contributed by atoms with Crippen LogP contribution in [0.3, 0.4) is 0 Å². The summed E-state index contributed by atoms with van der Waals surface area (Å²) < 4.78 is 11.1. The van der Waals surface area contributed by atoms with Gasteiger partial charge in [0, 0.05) is 22.9 Å². The number of hydrogen-bond donors (Lipinski definition) is 0. The highest BCUT2D eigenvalue weighted by molar-refractivity contribution is 7.71. The van der Waals surface area contributed by atoms with Gasteiger partial charge in [-0.3, -0.25) is 0 Å². The zero-order chi connectivity index (χ0) is 9.54. The zero-order valence-electron chi connectivity index (χ0n) is 7.11. The van der Waals surface area contributed by atoms with Crippen molar-refractivity contribution in [1.29, 1.82) is 0 Å². The lowest BCUT2D eigenvalue weighted by atomic mass is 10.2. The molecule has 14 heavy (non-hydrogen) atoms. The van der Waals surface area contributed by atoms with Gasteiger partial charge in [0.05, 0.1) is 6.26 Å². The number of fused-ring (bicyclic) bond motifs is 2. The number of benzene rings is 1. The van der Waals surface area contributed by atoms with E-state index < -0.39 is 0 Å². The van der Waals surface area contributed by atoms with Gasteiger partial charge in [-0.05, 0) is 30.4 Å². The van der Waals surface area contributed by atoms with E-state index in [1.54, 1.807) is 12.3 Å². The molecule has 3 rings (SSSR count). The van der Waals surface area contributed by atoms with Crippen molar-refractivity contribution in [3.8, 4) is 0 Å². The first-order valence-corrected chi connectivity index (χ1v) is 4.57. The predicted octanol–water partition coefficient (Wildman–Crippen LogP) is 3.71. The summed E-state index contributed by atoms with van der Waals surface area (Å²) in [6.45, 7) is 0. The fraction of sp³-hybridized carbons (Fsp3) is 0. The Morgan fingerprint density at radius 3 is 2.86 bits per heavy atom. The van der Waals surface area contributed by atoms with Crippen LogP contribution in [0.5, 0.6) is 0 Å². The quantitative estimate of drug-likeness (QED) is 0.518. The monoisotopic (exact) mass is 201 g/mol. The Labute approximate surface area is 84.8 Å². The average Bonchev–Trinajstić information content (AvgIpc) is 2.61. The van der Waals surface area contributed by atoms with Crippen LogP contribution in [0.2, 0.25) is 0 Å². The maximum atomic E-state index is 5.36. The van der Waals surface area contributed by atoms with Crippen LogP contribution in [0.25, 0.3) is 21.9 Å². The van der Waals surface area contributed by atoms with Crippen molar-refractivity contribution in [2.45, 2.75) is 0 Å². The van der Waals surface area contributed by atoms with Gasteiger partial charge in [-0.25, -0.2) is 0 Å². The molecule has 0 bridgehead atoms. The van der Waals surface area contributed by atoms with Crippen LogP contribution >= 0.6 is 12.2 Å². The molecule has 0 aliphatic rings. The second-order valence-electron chi connectivity index (χ2n) is 3.00. The molecule has 0 aliphatic carbocycles. The molecule has 0 N–H and O–H groups in total. The minimum Gasteiger partial charge on any atom is -0.464 e. The Hall–Kier alpha value is -1.61. The van der Waals surface area contributed by atoms with Crippen molar-refractivity contribution in [1.82, 2.24) is 0 Å². The average molecular weight is 201 g/mol. The Balaban J connectivity index is 2.56. The van der Waals surface area contributed by atoms with Crippen molar-refractivity contribution in [3.63, 3.8) is 0 Å². The van der Waals surface area contributed by atoms with Crippen LogP contribution in [-0.4, -0.2) is 0 Å². The third-order valence-electron chi connectivity index (χ3n) is 2.09. The molecule has 2 aromatic heterocycles. The molecule has 1 radical (unpaired) electrons. The number of rotatable bonds is 0. The summed E-state index contributed by atoms with van der Waals surface area (Å²) in [4.78, 5) is 0. The maximum absolute atomic E-state index is 5.36. The highest BCUT2D eigenvalue weighted by Gasteiger charge is 2.01. The first-order chi connectivity index (χ1) is 6.83. The molecule has 2 heterocycles. The summed E-state index contributed by atoms with van der Waals surface area (Å²) in [5, 5.41) is 1.86. The van der Waals surface area contributed by atoms with Crippen LogP contribution in [0.15, 0.2) is 39.4 Å². The van der Waals surface area contributed by atoms with Gasteiger partial charge in [0.2, 0.25) is 0 Å². The zero-order valence-corrected chi connectivity index (χ0v) is 7.93. The molecule has 0 amide bonds. The minimum absolute atomic E-state index is 0.469. The third-order valence-corrected chi connectivity index (χ3v) is 2.31. The largest absolute Gasteiger partial charge is 0.464 e. The predicted molar refractivity (Wildman–Crippen MR) is 55.7 cm³/mol. The van der Waals surface area contributed by atoms with E-state index in [0.717, 1.165) is 16.4 Å². The van der Waals surface area contributed by atoms with Gasteiger partial charge in [-0.1, -0.05) is 0 Å². The molecule has 0 aliphatic heterocycles. The molecule has 0 spiro atoms. The SMILES string of the molecule is S=c1ccc2[c]c3ccoc3cc2o1. The van der Waals surface area contributed by atoms with E-state index >= 15 is 0 Å². The molecule has 3 aromatic rings. The molecular formula is C11H5O2S. The molecule has 67 valence electrons. The molecule has 2 nitrogen and oxygen atoms in total. The lowest BCUT2D eigenvalue weighted by Crippen LogP contribution is -1.72. The lowest BCUT2D eigenvalue weighted by Gasteiger charge is -1.95. The van der Waals surface area contributed by atoms with E-state index in [2.05, 4.69) is 6.07 Å². The van der Waals surface area contributed by atoms with E-state index in [1.807, 2.05) is 18.2 Å². The highest BCUT2D eigenvalue weighted by Crippen LogP contribution is 2.22. The molecule has 0 saturated carbocycles. The van der Waals surface area contributed by atoms with Gasteiger partial charge in [0.25, 0.3) is 0 Å². The van der Waals surface area contributed by atoms with E-state index in [0.29, 0.717) is 10.3 Å². The third kappa shape index (κ3) is 1.06. The van der Waals surface area contributed by atoms with E-state index in [1.165, 1.54) is 0 Å². The topological polar surface area (TPSA) is 26.3 Å². The Morgan fingerprint density at radius 2 is 1.93 bits per heavy atom. The standard InChI is InChI=1S/C11H5O2S/c14-11-2-1-7-5-8-3-4-12-9(8)6-10(7)13-11/h1-4,6H. The first-order valence-electron chi connectivity index (χ1n) is 4.16. The maximum Gasteiger partial charge on any atom is 0.190 e. The fourth-order valence-corrected chi connectivity index (χ4v) is 1.60. The van der Waals surface area contributed by atoms with Crippen LogP contribution in [-0.2, 0) is 0 Å². The van der Waals surface area contributed by atoms with Crippen molar-refractivity contribution < 1.29 is 8.83 Å². The molecule has 0 unspecified atom stereocenters. The van der Waals surface area contributed by atoms with Gasteiger partial charge >= 0.3 is 0 Å². The van der Waals surface area contributed by atoms with Crippen LogP contribution in [0, 0.1) is 10.8 Å². The van der Waals surface area contributed by atoms with E-state index in [4.69, 9.17) is 21.1 Å². The summed E-state index contributed by atoms with van der Waals surface area (Å²) in [5.74, 6) is 0. The number of furan rings is 1. The van der Waals surface area contributed by atoms with Gasteiger partial charge in [-0.2, -0.15) is 0 Å². The summed E-state index contributed by atoms with van der Waals surface area (Å²) in [6, 6.07) is 10.5. The van der Waals surface area contributed by atoms with Crippen molar-refractivity contribution in [2.75, 3.05) is 0 Å². The molecule has 0 saturated heterocycles. The summed E-state index contributed by atoms with van der Waals surface area (Å²) in [7, 11) is 0. The van der Waals surface area contributed by atoms with Crippen LogP contribution < -0.4 is 0 Å².